The van der Waals surface area contributed by atoms with E-state index in [4.69, 9.17) is 34.8 Å². The largest absolute Gasteiger partial charge is 0.131 e. The van der Waals surface area contributed by atoms with Gasteiger partial charge in [-0.05, 0) is 0 Å². The minimum atomic E-state index is -0.262. The summed E-state index contributed by atoms with van der Waals surface area (Å²) in [6.07, 6.45) is 0. The average molecular weight is 161 g/mol. The molecule has 0 saturated carbocycles. The Hall–Kier alpha value is 1.09. The summed E-state index contributed by atoms with van der Waals surface area (Å²) in [6, 6.07) is 0. The van der Waals surface area contributed by atoms with E-state index in [9.17, 15) is 0 Å². The summed E-state index contributed by atoms with van der Waals surface area (Å²) in [5.74, 6) is 0. The number of alkyl halides is 3. The van der Waals surface area contributed by atoms with Gasteiger partial charge in [0.05, 0.1) is 4.46 Å². The van der Waals surface area contributed by atoms with Gasteiger partial charge < -0.3 is 0 Å². The fourth-order valence-electron chi connectivity index (χ4n) is 0.0583. The predicted octanol–water partition coefficient (Wildman–Crippen LogP) is 1.65. The molecule has 0 aromatic heterocycles. The third kappa shape index (κ3) is 5.09. The lowest BCUT2D eigenvalue weighted by atomic mass is 11.8. The van der Waals surface area contributed by atoms with Gasteiger partial charge in [0.2, 0.25) is 0 Å². The van der Waals surface area contributed by atoms with Gasteiger partial charge in [0.1, 0.15) is 9.52 Å². The molecule has 0 amide bonds. The Balaban J connectivity index is 2.63. The summed E-state index contributed by atoms with van der Waals surface area (Å²) in [4.78, 5) is 0. The molecule has 0 nitrogen and oxygen atoms in total. The van der Waals surface area contributed by atoms with Crippen LogP contribution in [0.4, 0.5) is 0 Å². The first kappa shape index (κ1) is 7.09. The molecule has 0 spiro atoms. The molecule has 4 heteroatoms. The Bertz CT molecular complexity index is 30.0. The molecular weight excluding hydrogens is 158 g/mol. The Morgan fingerprint density at radius 2 is 2.00 bits per heavy atom. The molecule has 0 bridgehead atoms. The SMILES string of the molecule is ClC[Si]C(Cl)Cl. The molecule has 0 aromatic rings. The lowest BCUT2D eigenvalue weighted by Gasteiger charge is -1.87. The molecule has 0 saturated heterocycles. The molecule has 0 unspecified atom stereocenters. The lowest BCUT2D eigenvalue weighted by molar-refractivity contribution is 1.83. The highest BCUT2D eigenvalue weighted by Crippen LogP contribution is 1.97. The lowest BCUT2D eigenvalue weighted by Crippen LogP contribution is -2.01. The highest BCUT2D eigenvalue weighted by Gasteiger charge is 1.94. The Morgan fingerprint density at radius 3 is 2.00 bits per heavy atom. The first-order valence-electron chi connectivity index (χ1n) is 1.35. The third-order valence-electron chi connectivity index (χ3n) is 0.231. The van der Waals surface area contributed by atoms with Crippen LogP contribution in [0.25, 0.3) is 0 Å². The highest BCUT2D eigenvalue weighted by molar-refractivity contribution is 6.72. The van der Waals surface area contributed by atoms with Gasteiger partial charge in [-0.1, -0.05) is 0 Å². The molecule has 36 valence electrons. The van der Waals surface area contributed by atoms with Crippen molar-refractivity contribution in [2.24, 2.45) is 0 Å². The van der Waals surface area contributed by atoms with E-state index in [1.54, 1.807) is 0 Å². The van der Waals surface area contributed by atoms with E-state index in [-0.39, 0.29) is 4.46 Å². The van der Waals surface area contributed by atoms with Crippen LogP contribution in [0.2, 0.25) is 0 Å². The fraction of sp³-hybridized carbons (Fsp3) is 1.00. The maximum absolute atomic E-state index is 5.27. The number of rotatable bonds is 2. The molecular formula is C2H3Cl3Si. The number of hydrogen-bond acceptors (Lipinski definition) is 0. The maximum atomic E-state index is 5.27. The van der Waals surface area contributed by atoms with Gasteiger partial charge in [-0.3, -0.25) is 0 Å². The van der Waals surface area contributed by atoms with Crippen molar-refractivity contribution < 1.29 is 0 Å². The summed E-state index contributed by atoms with van der Waals surface area (Å²) in [5, 5.41) is 0. The minimum Gasteiger partial charge on any atom is -0.131 e. The van der Waals surface area contributed by atoms with Crippen LogP contribution >= 0.6 is 34.8 Å². The van der Waals surface area contributed by atoms with Gasteiger partial charge >= 0.3 is 0 Å². The van der Waals surface area contributed by atoms with Crippen LogP contribution in [0, 0.1) is 0 Å². The Labute approximate surface area is 54.6 Å². The summed E-state index contributed by atoms with van der Waals surface area (Å²) >= 11 is 15.8. The normalized spacial score (nSPS) is 10.0. The standard InChI is InChI=1S/C2H3Cl3Si/c3-1-6-2(4)5/h2H,1H2. The molecule has 0 N–H and O–H groups in total. The van der Waals surface area contributed by atoms with E-state index >= 15 is 0 Å². The zero-order chi connectivity index (χ0) is 4.99. The second kappa shape index (κ2) is 4.25. The van der Waals surface area contributed by atoms with E-state index in [0.29, 0.717) is 15.0 Å². The van der Waals surface area contributed by atoms with Gasteiger partial charge in [0.25, 0.3) is 0 Å². The third-order valence-corrected chi connectivity index (χ3v) is 2.08. The molecule has 6 heavy (non-hydrogen) atoms. The van der Waals surface area contributed by atoms with Crippen LogP contribution in [0.1, 0.15) is 0 Å². The summed E-state index contributed by atoms with van der Waals surface area (Å²) in [7, 11) is 0.468. The second-order valence-corrected chi connectivity index (χ2v) is 4.52. The van der Waals surface area contributed by atoms with Crippen molar-refractivity contribution in [2.45, 2.75) is 4.46 Å². The van der Waals surface area contributed by atoms with Gasteiger partial charge in [-0.25, -0.2) is 0 Å². The van der Waals surface area contributed by atoms with Crippen molar-refractivity contribution in [2.75, 3.05) is 5.50 Å². The van der Waals surface area contributed by atoms with Crippen molar-refractivity contribution in [3.8, 4) is 0 Å². The smallest absolute Gasteiger partial charge is 0.102 e. The van der Waals surface area contributed by atoms with Crippen LogP contribution in [0.15, 0.2) is 0 Å². The van der Waals surface area contributed by atoms with E-state index in [1.807, 2.05) is 0 Å². The molecule has 0 aliphatic rings. The van der Waals surface area contributed by atoms with E-state index in [1.165, 1.54) is 0 Å². The second-order valence-electron chi connectivity index (χ2n) is 0.638. The van der Waals surface area contributed by atoms with Gasteiger partial charge in [0, 0.05) is 5.50 Å². The first-order valence-corrected chi connectivity index (χ1v) is 4.04. The number of hydrogen-bond donors (Lipinski definition) is 0. The molecule has 0 aliphatic heterocycles. The summed E-state index contributed by atoms with van der Waals surface area (Å²) in [5.41, 5.74) is 0.567. The Kier molecular flexibility index (Phi) is 5.02. The topological polar surface area (TPSA) is 0 Å². The number of halogens is 3. The van der Waals surface area contributed by atoms with Crippen LogP contribution in [0.5, 0.6) is 0 Å². The van der Waals surface area contributed by atoms with Crippen molar-refractivity contribution >= 4 is 44.3 Å². The Morgan fingerprint density at radius 1 is 1.50 bits per heavy atom. The maximum Gasteiger partial charge on any atom is 0.102 e. The van der Waals surface area contributed by atoms with E-state index in [0.717, 1.165) is 0 Å². The zero-order valence-electron chi connectivity index (χ0n) is 2.92. The molecule has 0 atom stereocenters. The minimum absolute atomic E-state index is 0.262. The fourth-order valence-corrected chi connectivity index (χ4v) is 1.57. The van der Waals surface area contributed by atoms with Crippen molar-refractivity contribution in [1.29, 1.82) is 0 Å². The summed E-state index contributed by atoms with van der Waals surface area (Å²) < 4.78 is -0.262. The van der Waals surface area contributed by atoms with E-state index < -0.39 is 0 Å². The van der Waals surface area contributed by atoms with E-state index in [2.05, 4.69) is 0 Å². The quantitative estimate of drug-likeness (QED) is 0.427. The highest BCUT2D eigenvalue weighted by atomic mass is 35.5. The molecule has 0 aliphatic carbocycles. The zero-order valence-corrected chi connectivity index (χ0v) is 6.19. The van der Waals surface area contributed by atoms with Crippen LogP contribution in [-0.4, -0.2) is 19.5 Å². The van der Waals surface area contributed by atoms with Crippen LogP contribution in [-0.2, 0) is 0 Å². The van der Waals surface area contributed by atoms with Crippen LogP contribution in [0.3, 0.4) is 0 Å². The van der Waals surface area contributed by atoms with Gasteiger partial charge in [-0.15, -0.1) is 34.8 Å². The first-order chi connectivity index (χ1) is 2.77. The van der Waals surface area contributed by atoms with Crippen molar-refractivity contribution in [1.82, 2.24) is 0 Å². The van der Waals surface area contributed by atoms with Crippen molar-refractivity contribution in [3.05, 3.63) is 0 Å². The molecule has 0 heterocycles. The molecule has 0 fully saturated rings. The van der Waals surface area contributed by atoms with Crippen molar-refractivity contribution in [3.63, 3.8) is 0 Å². The van der Waals surface area contributed by atoms with Gasteiger partial charge in [-0.2, -0.15) is 0 Å². The molecule has 2 radical (unpaired) electrons. The molecule has 0 rings (SSSR count). The van der Waals surface area contributed by atoms with Crippen LogP contribution < -0.4 is 0 Å². The molecule has 0 aromatic carbocycles. The monoisotopic (exact) mass is 160 g/mol. The predicted molar refractivity (Wildman–Crippen MR) is 32.0 cm³/mol. The summed E-state index contributed by atoms with van der Waals surface area (Å²) in [6.45, 7) is 0. The van der Waals surface area contributed by atoms with Gasteiger partial charge in [0.15, 0.2) is 0 Å². The average Bonchev–Trinajstić information content (AvgIpc) is 1.35.